The molecule has 3 amide bonds. The molecule has 2 aliphatic heterocycles. The first-order valence-corrected chi connectivity index (χ1v) is 13.0. The van der Waals surface area contributed by atoms with Gasteiger partial charge in [0.25, 0.3) is 0 Å². The molecular formula is C28H35N3O5. The Kier molecular flexibility index (Phi) is 7.43. The number of carbonyl (C=O) groups excluding carboxylic acids is 2. The van der Waals surface area contributed by atoms with Crippen molar-refractivity contribution in [3.05, 3.63) is 59.7 Å². The van der Waals surface area contributed by atoms with Gasteiger partial charge in [-0.15, -0.1) is 0 Å². The summed E-state index contributed by atoms with van der Waals surface area (Å²) < 4.78 is 12.2. The molecule has 0 unspecified atom stereocenters. The van der Waals surface area contributed by atoms with Crippen LogP contribution in [0.2, 0.25) is 0 Å². The van der Waals surface area contributed by atoms with Crippen LogP contribution in [-0.4, -0.2) is 48.0 Å². The Hall–Kier alpha value is -3.10. The number of ether oxygens (including phenoxy) is 2. The number of aliphatic hydroxyl groups is 1. The van der Waals surface area contributed by atoms with Crippen molar-refractivity contribution in [2.75, 3.05) is 11.9 Å². The molecule has 0 radical (unpaired) electrons. The van der Waals surface area contributed by atoms with Crippen LogP contribution < -0.4 is 20.7 Å². The number of hydrogen-bond donors (Lipinski definition) is 4. The topological polar surface area (TPSA) is 109 Å². The normalized spacial score (nSPS) is 25.8. The average molecular weight is 494 g/mol. The summed E-state index contributed by atoms with van der Waals surface area (Å²) in [7, 11) is 0. The van der Waals surface area contributed by atoms with E-state index >= 15 is 0 Å². The largest absolute Gasteiger partial charge is 0.487 e. The van der Waals surface area contributed by atoms with Gasteiger partial charge < -0.3 is 30.5 Å². The number of aliphatic hydroxyl groups excluding tert-OH is 1. The molecule has 5 atom stereocenters. The highest BCUT2D eigenvalue weighted by molar-refractivity contribution is 5.89. The number of anilines is 1. The number of rotatable bonds is 7. The molecule has 2 heterocycles. The summed E-state index contributed by atoms with van der Waals surface area (Å²) in [6.07, 6.45) is 3.97. The van der Waals surface area contributed by atoms with Crippen LogP contribution in [0.15, 0.2) is 48.5 Å². The van der Waals surface area contributed by atoms with E-state index in [0.29, 0.717) is 12.1 Å². The van der Waals surface area contributed by atoms with Crippen LogP contribution in [0.1, 0.15) is 68.5 Å². The van der Waals surface area contributed by atoms with Crippen molar-refractivity contribution in [2.45, 2.75) is 81.8 Å². The van der Waals surface area contributed by atoms with Crippen molar-refractivity contribution in [3.63, 3.8) is 0 Å². The number of amides is 3. The van der Waals surface area contributed by atoms with Crippen LogP contribution in [0.4, 0.5) is 10.5 Å². The molecule has 8 nitrogen and oxygen atoms in total. The molecule has 4 N–H and O–H groups in total. The van der Waals surface area contributed by atoms with Gasteiger partial charge in [0, 0.05) is 23.2 Å². The molecule has 36 heavy (non-hydrogen) atoms. The van der Waals surface area contributed by atoms with Crippen molar-refractivity contribution >= 4 is 17.6 Å². The minimum Gasteiger partial charge on any atom is -0.487 e. The molecule has 1 saturated heterocycles. The molecule has 3 aliphatic rings. The Morgan fingerprint density at radius 1 is 1.11 bits per heavy atom. The number of hydrogen-bond acceptors (Lipinski definition) is 5. The molecule has 0 bridgehead atoms. The summed E-state index contributed by atoms with van der Waals surface area (Å²) in [6, 6.07) is 15.4. The highest BCUT2D eigenvalue weighted by atomic mass is 16.6. The van der Waals surface area contributed by atoms with Crippen LogP contribution in [0.3, 0.4) is 0 Å². The summed E-state index contributed by atoms with van der Waals surface area (Å²) in [5.74, 6) is 0.608. The lowest BCUT2D eigenvalue weighted by atomic mass is 9.84. The average Bonchev–Trinajstić information content (AvgIpc) is 3.51. The van der Waals surface area contributed by atoms with Gasteiger partial charge in [0.15, 0.2) is 0 Å². The number of fused-ring (bicyclic) bond motifs is 3. The van der Waals surface area contributed by atoms with Crippen molar-refractivity contribution in [1.29, 1.82) is 0 Å². The lowest BCUT2D eigenvalue weighted by Crippen LogP contribution is -2.47. The Bertz CT molecular complexity index is 1070. The van der Waals surface area contributed by atoms with Gasteiger partial charge in [0.05, 0.1) is 25.2 Å². The van der Waals surface area contributed by atoms with Gasteiger partial charge in [-0.3, -0.25) is 4.79 Å². The molecule has 0 spiro atoms. The maximum Gasteiger partial charge on any atom is 0.319 e. The van der Waals surface area contributed by atoms with Gasteiger partial charge in [-0.05, 0) is 49.9 Å². The first kappa shape index (κ1) is 24.6. The predicted octanol–water partition coefficient (Wildman–Crippen LogP) is 4.01. The quantitative estimate of drug-likeness (QED) is 0.466. The zero-order valence-corrected chi connectivity index (χ0v) is 20.6. The molecule has 2 aromatic carbocycles. The van der Waals surface area contributed by atoms with Crippen molar-refractivity contribution in [1.82, 2.24) is 10.6 Å². The number of urea groups is 1. The zero-order valence-electron chi connectivity index (χ0n) is 20.6. The molecule has 1 saturated carbocycles. The Morgan fingerprint density at radius 2 is 1.89 bits per heavy atom. The third-order valence-corrected chi connectivity index (χ3v) is 7.54. The van der Waals surface area contributed by atoms with Gasteiger partial charge in [0.2, 0.25) is 5.91 Å². The Balaban J connectivity index is 1.23. The maximum atomic E-state index is 12.8. The van der Waals surface area contributed by atoms with Crippen LogP contribution in [0.5, 0.6) is 5.75 Å². The van der Waals surface area contributed by atoms with E-state index in [0.717, 1.165) is 42.6 Å². The third kappa shape index (κ3) is 5.50. The monoisotopic (exact) mass is 493 g/mol. The van der Waals surface area contributed by atoms with E-state index in [2.05, 4.69) is 16.0 Å². The van der Waals surface area contributed by atoms with Gasteiger partial charge >= 0.3 is 6.03 Å². The fourth-order valence-electron chi connectivity index (χ4n) is 5.72. The molecule has 5 rings (SSSR count). The second-order valence-electron chi connectivity index (χ2n) is 10.1. The highest BCUT2D eigenvalue weighted by Crippen LogP contribution is 2.47. The van der Waals surface area contributed by atoms with E-state index in [4.69, 9.17) is 9.47 Å². The smallest absolute Gasteiger partial charge is 0.319 e. The van der Waals surface area contributed by atoms with E-state index in [1.54, 1.807) is 0 Å². The van der Waals surface area contributed by atoms with E-state index in [1.807, 2.05) is 55.5 Å². The third-order valence-electron chi connectivity index (χ3n) is 7.54. The summed E-state index contributed by atoms with van der Waals surface area (Å²) in [5, 5.41) is 19.0. The molecule has 8 heteroatoms. The number of nitrogens with one attached hydrogen (secondary N) is 3. The minimum absolute atomic E-state index is 0.0325. The fourth-order valence-corrected chi connectivity index (χ4v) is 5.72. The lowest BCUT2D eigenvalue weighted by Gasteiger charge is -2.37. The lowest BCUT2D eigenvalue weighted by molar-refractivity contribution is -0.142. The number of carbonyl (C=O) groups is 2. The molecule has 0 aromatic heterocycles. The summed E-state index contributed by atoms with van der Waals surface area (Å²) >= 11 is 0. The first-order chi connectivity index (χ1) is 17.5. The molecule has 2 fully saturated rings. The molecule has 192 valence electrons. The van der Waals surface area contributed by atoms with E-state index in [1.165, 1.54) is 0 Å². The van der Waals surface area contributed by atoms with Crippen molar-refractivity contribution in [2.24, 2.45) is 0 Å². The van der Waals surface area contributed by atoms with Gasteiger partial charge in [-0.1, -0.05) is 43.2 Å². The van der Waals surface area contributed by atoms with Gasteiger partial charge in [-0.25, -0.2) is 4.79 Å². The first-order valence-electron chi connectivity index (χ1n) is 13.0. The van der Waals surface area contributed by atoms with Gasteiger partial charge in [0.1, 0.15) is 18.0 Å². The summed E-state index contributed by atoms with van der Waals surface area (Å²) in [5.41, 5.74) is 2.72. The summed E-state index contributed by atoms with van der Waals surface area (Å²) in [4.78, 5) is 25.3. The minimum atomic E-state index is -0.525. The van der Waals surface area contributed by atoms with E-state index < -0.39 is 6.10 Å². The Morgan fingerprint density at radius 3 is 2.64 bits per heavy atom. The van der Waals surface area contributed by atoms with Crippen LogP contribution in [0.25, 0.3) is 0 Å². The van der Waals surface area contributed by atoms with Gasteiger partial charge in [-0.2, -0.15) is 0 Å². The van der Waals surface area contributed by atoms with Crippen molar-refractivity contribution in [3.8, 4) is 5.75 Å². The predicted molar refractivity (Wildman–Crippen MR) is 136 cm³/mol. The Labute approximate surface area is 211 Å². The fraction of sp³-hybridized carbons (Fsp3) is 0.500. The molecule has 1 aliphatic carbocycles. The zero-order chi connectivity index (χ0) is 25.1. The molecule has 2 aromatic rings. The van der Waals surface area contributed by atoms with Crippen LogP contribution in [-0.2, 0) is 9.53 Å². The SMILES string of the molecule is C[C@H](NC(=O)C[C@H]1C[C@@H]2c3cc(NC(=O)NC4CCCC4)ccc3O[C@@H]2[C@@H](CO)O1)c1ccccc1. The second kappa shape index (κ2) is 10.9. The molecular weight excluding hydrogens is 458 g/mol. The van der Waals surface area contributed by atoms with Crippen LogP contribution >= 0.6 is 0 Å². The summed E-state index contributed by atoms with van der Waals surface area (Å²) in [6.45, 7) is 1.77. The maximum absolute atomic E-state index is 12.8. The standard InChI is InChI=1S/C28H35N3O5/c1-17(18-7-3-2-4-8-18)29-26(33)15-21-14-23-22-13-20(31-28(34)30-19-9-5-6-10-19)11-12-24(22)36-27(23)25(16-32)35-21/h2-4,7-8,11-13,17,19,21,23,25,27,32H,5-6,9-10,14-16H2,1H3,(H,29,33)(H2,30,31,34)/t17-,21+,23+,25+,27-/m0/s1. The van der Waals surface area contributed by atoms with E-state index in [9.17, 15) is 14.7 Å². The van der Waals surface area contributed by atoms with Crippen LogP contribution in [0, 0.1) is 0 Å². The highest BCUT2D eigenvalue weighted by Gasteiger charge is 2.46. The van der Waals surface area contributed by atoms with Crippen molar-refractivity contribution < 1.29 is 24.2 Å². The van der Waals surface area contributed by atoms with E-state index in [-0.39, 0.29) is 55.2 Å². The number of benzene rings is 2. The second-order valence-corrected chi connectivity index (χ2v) is 10.1.